The molecule has 4 heteroatoms. The number of amides is 1. The first-order valence-corrected chi connectivity index (χ1v) is 4.59. The molecule has 2 heterocycles. The Bertz CT molecular complexity index is 373. The van der Waals surface area contributed by atoms with Crippen molar-refractivity contribution in [2.75, 3.05) is 17.2 Å². The van der Waals surface area contributed by atoms with Gasteiger partial charge >= 0.3 is 0 Å². The highest BCUT2D eigenvalue weighted by Crippen LogP contribution is 2.28. The lowest BCUT2D eigenvalue weighted by atomic mass is 9.93. The van der Waals surface area contributed by atoms with Crippen LogP contribution in [0, 0.1) is 5.41 Å². The van der Waals surface area contributed by atoms with Crippen LogP contribution in [-0.2, 0) is 4.79 Å². The van der Waals surface area contributed by atoms with Crippen LogP contribution in [0.3, 0.4) is 0 Å². The molecule has 74 valence electrons. The molecule has 4 nitrogen and oxygen atoms in total. The highest BCUT2D eigenvalue weighted by Gasteiger charge is 2.30. The van der Waals surface area contributed by atoms with E-state index in [1.807, 2.05) is 13.8 Å². The Hall–Kier alpha value is -1.58. The summed E-state index contributed by atoms with van der Waals surface area (Å²) in [6.45, 7) is 4.45. The maximum absolute atomic E-state index is 11.7. The molecule has 0 unspecified atom stereocenters. The van der Waals surface area contributed by atoms with Gasteiger partial charge in [-0.25, -0.2) is 0 Å². The number of rotatable bonds is 0. The molecular formula is C10H13N3O. The van der Waals surface area contributed by atoms with E-state index in [9.17, 15) is 4.79 Å². The molecule has 0 aromatic carbocycles. The highest BCUT2D eigenvalue weighted by molar-refractivity contribution is 5.99. The smallest absolute Gasteiger partial charge is 0.231 e. The molecule has 0 atom stereocenters. The van der Waals surface area contributed by atoms with Crippen LogP contribution in [0.2, 0.25) is 0 Å². The van der Waals surface area contributed by atoms with Crippen molar-refractivity contribution in [2.24, 2.45) is 5.41 Å². The number of carbonyl (C=O) groups is 1. The topological polar surface area (TPSA) is 54.0 Å². The van der Waals surface area contributed by atoms with Crippen molar-refractivity contribution in [3.8, 4) is 0 Å². The van der Waals surface area contributed by atoms with E-state index >= 15 is 0 Å². The fourth-order valence-corrected chi connectivity index (χ4v) is 1.33. The average Bonchev–Trinajstić information content (AvgIpc) is 2.26. The molecule has 1 aliphatic rings. The monoisotopic (exact) mass is 191 g/mol. The Morgan fingerprint density at radius 3 is 3.00 bits per heavy atom. The lowest BCUT2D eigenvalue weighted by molar-refractivity contribution is -0.123. The van der Waals surface area contributed by atoms with Crippen LogP contribution >= 0.6 is 0 Å². The van der Waals surface area contributed by atoms with E-state index in [1.165, 1.54) is 0 Å². The first kappa shape index (κ1) is 8.99. The fourth-order valence-electron chi connectivity index (χ4n) is 1.33. The standard InChI is InChI=1S/C10H13N3O/c1-10(2)6-12-8-5-11-4-3-7(8)13-9(10)14/h3-5,12H,6H2,1-2H3,(H,13,14). The lowest BCUT2D eigenvalue weighted by Crippen LogP contribution is -2.34. The van der Waals surface area contributed by atoms with Gasteiger partial charge in [0.1, 0.15) is 0 Å². The summed E-state index contributed by atoms with van der Waals surface area (Å²) in [5.41, 5.74) is 1.29. The third kappa shape index (κ3) is 1.43. The van der Waals surface area contributed by atoms with Crippen molar-refractivity contribution in [3.63, 3.8) is 0 Å². The van der Waals surface area contributed by atoms with E-state index in [0.717, 1.165) is 11.4 Å². The lowest BCUT2D eigenvalue weighted by Gasteiger charge is -2.19. The quantitative estimate of drug-likeness (QED) is 0.653. The molecule has 0 fully saturated rings. The Labute approximate surface area is 82.7 Å². The van der Waals surface area contributed by atoms with Gasteiger partial charge in [0.2, 0.25) is 5.91 Å². The Balaban J connectivity index is 2.38. The summed E-state index contributed by atoms with van der Waals surface area (Å²) in [6, 6.07) is 1.79. The van der Waals surface area contributed by atoms with Crippen LogP contribution in [0.15, 0.2) is 18.5 Å². The predicted octanol–water partition coefficient (Wildman–Crippen LogP) is 1.47. The van der Waals surface area contributed by atoms with Crippen LogP contribution in [0.4, 0.5) is 11.4 Å². The number of pyridine rings is 1. The first-order valence-electron chi connectivity index (χ1n) is 4.59. The zero-order chi connectivity index (χ0) is 10.2. The van der Waals surface area contributed by atoms with Gasteiger partial charge in [-0.15, -0.1) is 0 Å². The zero-order valence-electron chi connectivity index (χ0n) is 8.29. The van der Waals surface area contributed by atoms with Crippen LogP contribution in [0.25, 0.3) is 0 Å². The minimum Gasteiger partial charge on any atom is -0.381 e. The number of hydrogen-bond acceptors (Lipinski definition) is 3. The van der Waals surface area contributed by atoms with Crippen molar-refractivity contribution >= 4 is 17.3 Å². The van der Waals surface area contributed by atoms with Gasteiger partial charge in [-0.2, -0.15) is 0 Å². The largest absolute Gasteiger partial charge is 0.381 e. The van der Waals surface area contributed by atoms with Crippen LogP contribution in [0.5, 0.6) is 0 Å². The second-order valence-electron chi connectivity index (χ2n) is 4.11. The van der Waals surface area contributed by atoms with Gasteiger partial charge < -0.3 is 10.6 Å². The summed E-state index contributed by atoms with van der Waals surface area (Å²) in [7, 11) is 0. The summed E-state index contributed by atoms with van der Waals surface area (Å²) in [6.07, 6.45) is 3.39. The van der Waals surface area contributed by atoms with Gasteiger partial charge in [-0.05, 0) is 19.9 Å². The van der Waals surface area contributed by atoms with Crippen molar-refractivity contribution in [1.82, 2.24) is 4.98 Å². The van der Waals surface area contributed by atoms with Gasteiger partial charge in [0.05, 0.1) is 23.0 Å². The van der Waals surface area contributed by atoms with E-state index < -0.39 is 0 Å². The van der Waals surface area contributed by atoms with Gasteiger partial charge in [0, 0.05) is 12.7 Å². The molecule has 2 rings (SSSR count). The normalized spacial score (nSPS) is 18.9. The highest BCUT2D eigenvalue weighted by atomic mass is 16.2. The summed E-state index contributed by atoms with van der Waals surface area (Å²) < 4.78 is 0. The van der Waals surface area contributed by atoms with E-state index in [4.69, 9.17) is 0 Å². The Morgan fingerprint density at radius 2 is 2.21 bits per heavy atom. The molecule has 14 heavy (non-hydrogen) atoms. The zero-order valence-corrected chi connectivity index (χ0v) is 8.29. The average molecular weight is 191 g/mol. The van der Waals surface area contributed by atoms with Gasteiger partial charge in [-0.1, -0.05) is 0 Å². The number of aromatic nitrogens is 1. The molecular weight excluding hydrogens is 178 g/mol. The molecule has 0 aliphatic carbocycles. The third-order valence-electron chi connectivity index (χ3n) is 2.40. The maximum atomic E-state index is 11.7. The molecule has 1 aromatic heterocycles. The van der Waals surface area contributed by atoms with Gasteiger partial charge in [0.25, 0.3) is 0 Å². The van der Waals surface area contributed by atoms with Crippen LogP contribution in [-0.4, -0.2) is 17.4 Å². The molecule has 0 saturated carbocycles. The third-order valence-corrected chi connectivity index (χ3v) is 2.40. The SMILES string of the molecule is CC1(C)CNc2cnccc2NC1=O. The summed E-state index contributed by atoms with van der Waals surface area (Å²) in [4.78, 5) is 15.7. The van der Waals surface area contributed by atoms with Crippen molar-refractivity contribution < 1.29 is 4.79 Å². The molecule has 0 spiro atoms. The minimum atomic E-state index is -0.390. The predicted molar refractivity (Wildman–Crippen MR) is 55.1 cm³/mol. The number of anilines is 2. The molecule has 0 radical (unpaired) electrons. The molecule has 0 saturated heterocycles. The number of nitrogens with one attached hydrogen (secondary N) is 2. The second kappa shape index (κ2) is 2.97. The van der Waals surface area contributed by atoms with E-state index in [0.29, 0.717) is 6.54 Å². The van der Waals surface area contributed by atoms with Crippen LogP contribution < -0.4 is 10.6 Å². The number of hydrogen-bond donors (Lipinski definition) is 2. The first-order chi connectivity index (χ1) is 6.59. The molecule has 1 aromatic rings. The Morgan fingerprint density at radius 1 is 1.43 bits per heavy atom. The molecule has 2 N–H and O–H groups in total. The van der Waals surface area contributed by atoms with Crippen molar-refractivity contribution in [3.05, 3.63) is 18.5 Å². The van der Waals surface area contributed by atoms with Crippen LogP contribution in [0.1, 0.15) is 13.8 Å². The Kier molecular flexibility index (Phi) is 1.91. The van der Waals surface area contributed by atoms with E-state index in [1.54, 1.807) is 18.5 Å². The minimum absolute atomic E-state index is 0.0370. The van der Waals surface area contributed by atoms with Crippen molar-refractivity contribution in [2.45, 2.75) is 13.8 Å². The summed E-state index contributed by atoms with van der Waals surface area (Å²) in [5.74, 6) is 0.0370. The summed E-state index contributed by atoms with van der Waals surface area (Å²) in [5, 5.41) is 6.07. The molecule has 1 amide bonds. The van der Waals surface area contributed by atoms with E-state index in [2.05, 4.69) is 15.6 Å². The van der Waals surface area contributed by atoms with E-state index in [-0.39, 0.29) is 11.3 Å². The second-order valence-corrected chi connectivity index (χ2v) is 4.11. The number of fused-ring (bicyclic) bond motifs is 1. The summed E-state index contributed by atoms with van der Waals surface area (Å²) >= 11 is 0. The maximum Gasteiger partial charge on any atom is 0.231 e. The number of carbonyl (C=O) groups excluding carboxylic acids is 1. The van der Waals surface area contributed by atoms with Gasteiger partial charge in [-0.3, -0.25) is 9.78 Å². The fraction of sp³-hybridized carbons (Fsp3) is 0.400. The molecule has 1 aliphatic heterocycles. The van der Waals surface area contributed by atoms with Gasteiger partial charge in [0.15, 0.2) is 0 Å². The van der Waals surface area contributed by atoms with Crippen molar-refractivity contribution in [1.29, 1.82) is 0 Å². The number of nitrogens with zero attached hydrogens (tertiary/aromatic N) is 1. The molecule has 0 bridgehead atoms.